The summed E-state index contributed by atoms with van der Waals surface area (Å²) in [7, 11) is 1.72. The number of benzene rings is 1. The van der Waals surface area contributed by atoms with Gasteiger partial charge in [0.1, 0.15) is 5.75 Å². The van der Waals surface area contributed by atoms with E-state index in [1.807, 2.05) is 23.5 Å². The molecule has 4 atom stereocenters. The van der Waals surface area contributed by atoms with Crippen LogP contribution in [0.5, 0.6) is 5.75 Å². The first-order chi connectivity index (χ1) is 15.0. The maximum absolute atomic E-state index is 12.5. The topological polar surface area (TPSA) is 52.9 Å². The van der Waals surface area contributed by atoms with Gasteiger partial charge >= 0.3 is 0 Å². The second kappa shape index (κ2) is 7.56. The third kappa shape index (κ3) is 3.23. The van der Waals surface area contributed by atoms with E-state index in [0.29, 0.717) is 19.3 Å². The standard InChI is InChI=1S/C25H35NO3S2/c1-29-19-6-5-18-13-21-25(28)8-7-24(27,22-30-11-2-12-31-22)16-23(25,20(18)14-19)9-10-26(21)15-17-3-4-17/h5-6,14,17,21-22,27-28H,2-4,7-13,15-16H2,1H3. The summed E-state index contributed by atoms with van der Waals surface area (Å²) < 4.78 is 5.84. The molecule has 6 heteroatoms. The normalized spacial score (nSPS) is 40.8. The molecule has 0 amide bonds. The molecule has 1 aromatic carbocycles. The molecule has 2 aliphatic heterocycles. The Hall–Kier alpha value is -0.400. The van der Waals surface area contributed by atoms with Crippen molar-refractivity contribution in [3.05, 3.63) is 29.3 Å². The van der Waals surface area contributed by atoms with Gasteiger partial charge in [-0.3, -0.25) is 4.90 Å². The maximum atomic E-state index is 12.5. The number of aliphatic hydroxyl groups is 2. The van der Waals surface area contributed by atoms with Crippen LogP contribution in [0.1, 0.15) is 56.1 Å². The molecule has 31 heavy (non-hydrogen) atoms. The highest BCUT2D eigenvalue weighted by Crippen LogP contribution is 2.62. The minimum absolute atomic E-state index is 0.166. The van der Waals surface area contributed by atoms with Crippen LogP contribution in [0.4, 0.5) is 0 Å². The Morgan fingerprint density at radius 1 is 1.13 bits per heavy atom. The molecule has 4 fully saturated rings. The van der Waals surface area contributed by atoms with Crippen LogP contribution < -0.4 is 4.74 Å². The molecule has 0 spiro atoms. The zero-order valence-electron chi connectivity index (χ0n) is 18.5. The van der Waals surface area contributed by atoms with E-state index in [2.05, 4.69) is 23.1 Å². The minimum Gasteiger partial charge on any atom is -0.497 e. The molecule has 3 aliphatic carbocycles. The van der Waals surface area contributed by atoms with Crippen molar-refractivity contribution in [1.29, 1.82) is 0 Å². The van der Waals surface area contributed by atoms with Crippen LogP contribution in [-0.4, -0.2) is 68.6 Å². The molecule has 2 saturated heterocycles. The van der Waals surface area contributed by atoms with Gasteiger partial charge < -0.3 is 14.9 Å². The lowest BCUT2D eigenvalue weighted by molar-refractivity contribution is -0.199. The number of hydrogen-bond acceptors (Lipinski definition) is 6. The molecule has 2 bridgehead atoms. The van der Waals surface area contributed by atoms with Crippen molar-refractivity contribution in [3.63, 3.8) is 0 Å². The Balaban J connectivity index is 1.44. The van der Waals surface area contributed by atoms with Gasteiger partial charge in [0, 0.05) is 18.0 Å². The SMILES string of the molecule is COc1ccc2c(c1)C13CCN(CC4CC4)C(C2)C1(O)CCC(O)(C1SCCCS1)C3. The van der Waals surface area contributed by atoms with Gasteiger partial charge in [-0.15, -0.1) is 23.5 Å². The second-order valence-corrected chi connectivity index (χ2v) is 13.4. The van der Waals surface area contributed by atoms with Gasteiger partial charge in [0.25, 0.3) is 0 Å². The number of likely N-dealkylation sites (tertiary alicyclic amines) is 1. The van der Waals surface area contributed by atoms with Crippen LogP contribution in [0.25, 0.3) is 0 Å². The van der Waals surface area contributed by atoms with Crippen LogP contribution >= 0.6 is 23.5 Å². The van der Waals surface area contributed by atoms with Crippen LogP contribution in [0.2, 0.25) is 0 Å². The number of fused-ring (bicyclic) bond motifs is 1. The average molecular weight is 462 g/mol. The number of thioether (sulfide) groups is 2. The van der Waals surface area contributed by atoms with Gasteiger partial charge in [-0.1, -0.05) is 6.07 Å². The number of ether oxygens (including phenoxy) is 1. The number of piperidine rings is 1. The average Bonchev–Trinajstić information content (AvgIpc) is 3.61. The van der Waals surface area contributed by atoms with Crippen molar-refractivity contribution in [2.24, 2.45) is 5.92 Å². The molecule has 5 aliphatic rings. The summed E-state index contributed by atoms with van der Waals surface area (Å²) in [6.45, 7) is 2.16. The molecule has 2 heterocycles. The van der Waals surface area contributed by atoms with E-state index in [1.165, 1.54) is 30.4 Å². The van der Waals surface area contributed by atoms with Gasteiger partial charge in [0.2, 0.25) is 0 Å². The molecule has 2 saturated carbocycles. The van der Waals surface area contributed by atoms with E-state index in [4.69, 9.17) is 4.74 Å². The van der Waals surface area contributed by atoms with E-state index in [0.717, 1.165) is 49.1 Å². The minimum atomic E-state index is -0.768. The molecule has 6 rings (SSSR count). The van der Waals surface area contributed by atoms with Gasteiger partial charge in [0.15, 0.2) is 0 Å². The fourth-order valence-corrected chi connectivity index (χ4v) is 10.3. The summed E-state index contributed by atoms with van der Waals surface area (Å²) in [6.07, 6.45) is 7.84. The van der Waals surface area contributed by atoms with Crippen molar-refractivity contribution >= 4 is 23.5 Å². The summed E-state index contributed by atoms with van der Waals surface area (Å²) in [6, 6.07) is 6.64. The van der Waals surface area contributed by atoms with Crippen LogP contribution in [0, 0.1) is 5.92 Å². The van der Waals surface area contributed by atoms with E-state index in [-0.39, 0.29) is 16.0 Å². The summed E-state index contributed by atoms with van der Waals surface area (Å²) in [5.74, 6) is 3.97. The lowest BCUT2D eigenvalue weighted by atomic mass is 9.47. The summed E-state index contributed by atoms with van der Waals surface area (Å²) in [5.41, 5.74) is 0.731. The Morgan fingerprint density at radius 3 is 2.68 bits per heavy atom. The van der Waals surface area contributed by atoms with Gasteiger partial charge in [-0.2, -0.15) is 0 Å². The first-order valence-corrected chi connectivity index (χ1v) is 14.2. The number of rotatable bonds is 4. The predicted molar refractivity (Wildman–Crippen MR) is 128 cm³/mol. The Labute approximate surface area is 194 Å². The lowest BCUT2D eigenvalue weighted by Crippen LogP contribution is -2.75. The van der Waals surface area contributed by atoms with Crippen LogP contribution in [0.3, 0.4) is 0 Å². The molecular weight excluding hydrogens is 426 g/mol. The molecular formula is C25H35NO3S2. The Bertz CT molecular complexity index is 857. The van der Waals surface area contributed by atoms with E-state index in [1.54, 1.807) is 7.11 Å². The highest BCUT2D eigenvalue weighted by molar-refractivity contribution is 8.17. The van der Waals surface area contributed by atoms with Crippen LogP contribution in [0.15, 0.2) is 18.2 Å². The van der Waals surface area contributed by atoms with Crippen molar-refractivity contribution in [2.45, 2.75) is 78.6 Å². The molecule has 0 aromatic heterocycles. The van der Waals surface area contributed by atoms with Gasteiger partial charge in [-0.25, -0.2) is 0 Å². The highest BCUT2D eigenvalue weighted by atomic mass is 32.2. The second-order valence-electron chi connectivity index (χ2n) is 10.6. The van der Waals surface area contributed by atoms with Crippen molar-refractivity contribution in [3.8, 4) is 5.75 Å². The zero-order chi connectivity index (χ0) is 21.3. The lowest BCUT2D eigenvalue weighted by Gasteiger charge is -2.66. The van der Waals surface area contributed by atoms with E-state index < -0.39 is 11.2 Å². The molecule has 4 unspecified atom stereocenters. The van der Waals surface area contributed by atoms with Crippen LogP contribution in [-0.2, 0) is 11.8 Å². The number of nitrogens with zero attached hydrogens (tertiary/aromatic N) is 1. The molecule has 0 radical (unpaired) electrons. The third-order valence-corrected chi connectivity index (χ3v) is 12.2. The number of methoxy groups -OCH3 is 1. The maximum Gasteiger partial charge on any atom is 0.119 e. The summed E-state index contributed by atoms with van der Waals surface area (Å²) in [4.78, 5) is 2.61. The summed E-state index contributed by atoms with van der Waals surface area (Å²) in [5, 5.41) is 24.5. The highest BCUT2D eigenvalue weighted by Gasteiger charge is 2.68. The van der Waals surface area contributed by atoms with E-state index >= 15 is 0 Å². The zero-order valence-corrected chi connectivity index (χ0v) is 20.1. The Kier molecular flexibility index (Phi) is 5.16. The fraction of sp³-hybridized carbons (Fsp3) is 0.760. The monoisotopic (exact) mass is 461 g/mol. The Morgan fingerprint density at radius 2 is 1.94 bits per heavy atom. The number of hydrogen-bond donors (Lipinski definition) is 2. The summed E-state index contributed by atoms with van der Waals surface area (Å²) >= 11 is 3.87. The first kappa shape index (κ1) is 21.2. The van der Waals surface area contributed by atoms with Crippen molar-refractivity contribution < 1.29 is 14.9 Å². The largest absolute Gasteiger partial charge is 0.497 e. The van der Waals surface area contributed by atoms with Gasteiger partial charge in [-0.05, 0) is 98.6 Å². The first-order valence-electron chi connectivity index (χ1n) is 12.1. The third-order valence-electron chi connectivity index (χ3n) is 8.89. The van der Waals surface area contributed by atoms with E-state index in [9.17, 15) is 10.2 Å². The molecule has 4 nitrogen and oxygen atoms in total. The smallest absolute Gasteiger partial charge is 0.119 e. The fourth-order valence-electron chi connectivity index (χ4n) is 7.12. The van der Waals surface area contributed by atoms with Crippen molar-refractivity contribution in [2.75, 3.05) is 31.7 Å². The molecule has 170 valence electrons. The molecule has 2 N–H and O–H groups in total. The van der Waals surface area contributed by atoms with Gasteiger partial charge in [0.05, 0.1) is 22.9 Å². The quantitative estimate of drug-likeness (QED) is 0.711. The molecule has 1 aromatic rings. The predicted octanol–water partition coefficient (Wildman–Crippen LogP) is 3.82. The van der Waals surface area contributed by atoms with Crippen molar-refractivity contribution in [1.82, 2.24) is 4.90 Å².